The lowest BCUT2D eigenvalue weighted by atomic mass is 10.1. The molecule has 0 amide bonds. The average molecular weight is 186 g/mol. The zero-order valence-electron chi connectivity index (χ0n) is 9.27. The van der Waals surface area contributed by atoms with E-state index in [1.54, 1.807) is 0 Å². The summed E-state index contributed by atoms with van der Waals surface area (Å²) in [7, 11) is -1.08. The molecule has 1 nitrogen and oxygen atoms in total. The fourth-order valence-corrected chi connectivity index (χ4v) is 0.982. The first-order valence-corrected chi connectivity index (χ1v) is 8.20. The second kappa shape index (κ2) is 4.12. The van der Waals surface area contributed by atoms with Gasteiger partial charge in [-0.15, -0.1) is 0 Å². The number of hydrogen-bond donors (Lipinski definition) is 0. The summed E-state index contributed by atoms with van der Waals surface area (Å²) in [5.41, 5.74) is 2.22. The van der Waals surface area contributed by atoms with Gasteiger partial charge in [-0.25, -0.2) is 0 Å². The van der Waals surface area contributed by atoms with Crippen molar-refractivity contribution in [3.05, 3.63) is 12.0 Å². The van der Waals surface area contributed by atoms with Gasteiger partial charge in [0.25, 0.3) is 0 Å². The van der Waals surface area contributed by atoms with Gasteiger partial charge in [-0.2, -0.15) is 0 Å². The van der Waals surface area contributed by atoms with Crippen molar-refractivity contribution in [1.29, 1.82) is 0 Å². The standard InChI is InChI=1S/C10H22OSi/c1-7-10(2,3)11-8-9-12(4,5)6/h8-9H,7H2,1-6H3/b9-8+. The van der Waals surface area contributed by atoms with Gasteiger partial charge in [0.1, 0.15) is 5.60 Å². The predicted octanol–water partition coefficient (Wildman–Crippen LogP) is 3.58. The molecule has 0 bridgehead atoms. The maximum atomic E-state index is 5.61. The first-order chi connectivity index (χ1) is 5.27. The smallest absolute Gasteiger partial charge is 0.102 e. The topological polar surface area (TPSA) is 9.23 Å². The van der Waals surface area contributed by atoms with Crippen LogP contribution in [0.25, 0.3) is 0 Å². The van der Waals surface area contributed by atoms with E-state index in [0.717, 1.165) is 6.42 Å². The van der Waals surface area contributed by atoms with Crippen LogP contribution in [0.3, 0.4) is 0 Å². The molecule has 0 heterocycles. The highest BCUT2D eigenvalue weighted by molar-refractivity contribution is 6.80. The summed E-state index contributed by atoms with van der Waals surface area (Å²) >= 11 is 0. The van der Waals surface area contributed by atoms with Crippen molar-refractivity contribution >= 4 is 8.07 Å². The quantitative estimate of drug-likeness (QED) is 0.481. The van der Waals surface area contributed by atoms with Crippen LogP contribution in [0.1, 0.15) is 27.2 Å². The van der Waals surface area contributed by atoms with E-state index in [4.69, 9.17) is 4.74 Å². The molecule has 0 aliphatic carbocycles. The molecule has 0 saturated heterocycles. The van der Waals surface area contributed by atoms with Crippen molar-refractivity contribution in [2.75, 3.05) is 0 Å². The maximum absolute atomic E-state index is 5.61. The Kier molecular flexibility index (Phi) is 4.04. The van der Waals surface area contributed by atoms with E-state index >= 15 is 0 Å². The fourth-order valence-electron chi connectivity index (χ4n) is 0.506. The maximum Gasteiger partial charge on any atom is 0.102 e. The van der Waals surface area contributed by atoms with Crippen LogP contribution in [0.2, 0.25) is 19.6 Å². The minimum atomic E-state index is -1.08. The molecular formula is C10H22OSi. The van der Waals surface area contributed by atoms with Gasteiger partial charge in [-0.1, -0.05) is 32.3 Å². The zero-order valence-corrected chi connectivity index (χ0v) is 10.3. The van der Waals surface area contributed by atoms with Crippen molar-refractivity contribution in [1.82, 2.24) is 0 Å². The minimum absolute atomic E-state index is 0.00382. The normalized spacial score (nSPS) is 13.8. The van der Waals surface area contributed by atoms with Crippen LogP contribution in [-0.4, -0.2) is 13.7 Å². The number of rotatable bonds is 4. The number of ether oxygens (including phenoxy) is 1. The van der Waals surface area contributed by atoms with E-state index in [9.17, 15) is 0 Å². The summed E-state index contributed by atoms with van der Waals surface area (Å²) in [6.07, 6.45) is 2.93. The molecule has 0 unspecified atom stereocenters. The molecule has 0 saturated carbocycles. The van der Waals surface area contributed by atoms with Crippen LogP contribution >= 0.6 is 0 Å². The molecule has 0 aliphatic rings. The molecule has 0 aromatic carbocycles. The Morgan fingerprint density at radius 2 is 1.75 bits per heavy atom. The van der Waals surface area contributed by atoms with Gasteiger partial charge >= 0.3 is 0 Å². The van der Waals surface area contributed by atoms with Gasteiger partial charge in [-0.05, 0) is 20.3 Å². The lowest BCUT2D eigenvalue weighted by Gasteiger charge is -2.22. The molecule has 12 heavy (non-hydrogen) atoms. The Balaban J connectivity index is 3.91. The summed E-state index contributed by atoms with van der Waals surface area (Å²) < 4.78 is 5.61. The van der Waals surface area contributed by atoms with Crippen molar-refractivity contribution in [2.45, 2.75) is 52.4 Å². The summed E-state index contributed by atoms with van der Waals surface area (Å²) in [5, 5.41) is 0. The Bertz CT molecular complexity index is 154. The fraction of sp³-hybridized carbons (Fsp3) is 0.800. The van der Waals surface area contributed by atoms with Crippen molar-refractivity contribution in [3.8, 4) is 0 Å². The van der Waals surface area contributed by atoms with Gasteiger partial charge < -0.3 is 4.74 Å². The van der Waals surface area contributed by atoms with Crippen molar-refractivity contribution in [3.63, 3.8) is 0 Å². The molecule has 0 aromatic rings. The Morgan fingerprint density at radius 1 is 1.25 bits per heavy atom. The number of hydrogen-bond acceptors (Lipinski definition) is 1. The van der Waals surface area contributed by atoms with E-state index in [2.05, 4.69) is 46.1 Å². The van der Waals surface area contributed by atoms with E-state index in [1.807, 2.05) is 6.26 Å². The predicted molar refractivity (Wildman–Crippen MR) is 57.9 cm³/mol. The molecule has 0 spiro atoms. The third kappa shape index (κ3) is 6.47. The molecule has 0 aliphatic heterocycles. The highest BCUT2D eigenvalue weighted by Gasteiger charge is 2.14. The van der Waals surface area contributed by atoms with E-state index in [-0.39, 0.29) is 5.60 Å². The van der Waals surface area contributed by atoms with Gasteiger partial charge in [0.15, 0.2) is 0 Å². The molecule has 72 valence electrons. The molecule has 0 radical (unpaired) electrons. The Morgan fingerprint density at radius 3 is 2.08 bits per heavy atom. The summed E-state index contributed by atoms with van der Waals surface area (Å²) in [6.45, 7) is 13.3. The SMILES string of the molecule is CCC(C)(C)O/C=C/[Si](C)(C)C. The van der Waals surface area contributed by atoms with Crippen LogP contribution in [0.15, 0.2) is 12.0 Å². The van der Waals surface area contributed by atoms with Gasteiger partial charge in [-0.3, -0.25) is 0 Å². The second-order valence-electron chi connectivity index (χ2n) is 4.90. The third-order valence-electron chi connectivity index (χ3n) is 1.81. The van der Waals surface area contributed by atoms with Gasteiger partial charge in [0, 0.05) is 0 Å². The van der Waals surface area contributed by atoms with Crippen LogP contribution in [0.5, 0.6) is 0 Å². The first kappa shape index (κ1) is 11.8. The van der Waals surface area contributed by atoms with E-state index in [1.165, 1.54) is 0 Å². The van der Waals surface area contributed by atoms with Gasteiger partial charge in [0.05, 0.1) is 14.3 Å². The van der Waals surface area contributed by atoms with Crippen molar-refractivity contribution < 1.29 is 4.74 Å². The molecular weight excluding hydrogens is 164 g/mol. The second-order valence-corrected chi connectivity index (χ2v) is 9.97. The minimum Gasteiger partial charge on any atom is -0.496 e. The van der Waals surface area contributed by atoms with Crippen LogP contribution in [0.4, 0.5) is 0 Å². The lowest BCUT2D eigenvalue weighted by Crippen LogP contribution is -2.21. The third-order valence-corrected chi connectivity index (χ3v) is 2.94. The largest absolute Gasteiger partial charge is 0.496 e. The lowest BCUT2D eigenvalue weighted by molar-refractivity contribution is 0.0545. The molecule has 2 heteroatoms. The molecule has 0 fully saturated rings. The highest BCUT2D eigenvalue weighted by atomic mass is 28.3. The van der Waals surface area contributed by atoms with Gasteiger partial charge in [0.2, 0.25) is 0 Å². The Labute approximate surface area is 77.8 Å². The summed E-state index contributed by atoms with van der Waals surface area (Å²) in [6, 6.07) is 0. The zero-order chi connectivity index (χ0) is 9.83. The highest BCUT2D eigenvalue weighted by Crippen LogP contribution is 2.14. The average Bonchev–Trinajstić information content (AvgIpc) is 1.84. The Hall–Kier alpha value is -0.243. The van der Waals surface area contributed by atoms with E-state index in [0.29, 0.717) is 0 Å². The van der Waals surface area contributed by atoms with Crippen LogP contribution in [-0.2, 0) is 4.74 Å². The first-order valence-electron chi connectivity index (χ1n) is 4.62. The van der Waals surface area contributed by atoms with Crippen molar-refractivity contribution in [2.24, 2.45) is 0 Å². The molecule has 0 atom stereocenters. The molecule has 0 rings (SSSR count). The van der Waals surface area contributed by atoms with E-state index < -0.39 is 8.07 Å². The summed E-state index contributed by atoms with van der Waals surface area (Å²) in [4.78, 5) is 0. The monoisotopic (exact) mass is 186 g/mol. The van der Waals surface area contributed by atoms with Crippen LogP contribution in [0, 0.1) is 0 Å². The van der Waals surface area contributed by atoms with Crippen LogP contribution < -0.4 is 0 Å². The molecule has 0 N–H and O–H groups in total. The molecule has 0 aromatic heterocycles. The summed E-state index contributed by atoms with van der Waals surface area (Å²) in [5.74, 6) is 0.